The molecule has 0 bridgehead atoms. The van der Waals surface area contributed by atoms with Gasteiger partial charge < -0.3 is 14.6 Å². The van der Waals surface area contributed by atoms with E-state index in [0.717, 1.165) is 5.56 Å². The van der Waals surface area contributed by atoms with Gasteiger partial charge in [0.2, 0.25) is 0 Å². The summed E-state index contributed by atoms with van der Waals surface area (Å²) in [6.45, 7) is 0.256. The standard InChI is InChI=1S/C12H15N3O3/c1-15-12(13-8-14-15)7-18-11-5-9(6-16)3-4-10(11)17-2/h3-5,8,16H,6-7H2,1-2H3. The second-order valence-corrected chi connectivity index (χ2v) is 3.73. The van der Waals surface area contributed by atoms with Crippen molar-refractivity contribution in [2.24, 2.45) is 7.05 Å². The second-order valence-electron chi connectivity index (χ2n) is 3.73. The molecule has 0 spiro atoms. The molecule has 0 fully saturated rings. The van der Waals surface area contributed by atoms with E-state index >= 15 is 0 Å². The first kappa shape index (κ1) is 12.4. The molecular weight excluding hydrogens is 234 g/mol. The van der Waals surface area contributed by atoms with Crippen LogP contribution in [0.25, 0.3) is 0 Å². The summed E-state index contributed by atoms with van der Waals surface area (Å²) in [5.41, 5.74) is 0.767. The second kappa shape index (κ2) is 5.50. The van der Waals surface area contributed by atoms with Gasteiger partial charge in [0, 0.05) is 7.05 Å². The van der Waals surface area contributed by atoms with Crippen molar-refractivity contribution >= 4 is 0 Å². The van der Waals surface area contributed by atoms with Gasteiger partial charge in [-0.2, -0.15) is 5.10 Å². The molecule has 0 aliphatic rings. The Balaban J connectivity index is 2.14. The summed E-state index contributed by atoms with van der Waals surface area (Å²) < 4.78 is 12.5. The fourth-order valence-electron chi connectivity index (χ4n) is 1.53. The molecule has 0 atom stereocenters. The number of nitrogens with zero attached hydrogens (tertiary/aromatic N) is 3. The summed E-state index contributed by atoms with van der Waals surface area (Å²) in [5, 5.41) is 13.1. The number of aliphatic hydroxyl groups excluding tert-OH is 1. The minimum Gasteiger partial charge on any atom is -0.493 e. The maximum atomic E-state index is 9.10. The van der Waals surface area contributed by atoms with Crippen LogP contribution >= 0.6 is 0 Å². The van der Waals surface area contributed by atoms with Crippen molar-refractivity contribution in [2.45, 2.75) is 13.2 Å². The number of rotatable bonds is 5. The van der Waals surface area contributed by atoms with Crippen LogP contribution in [0, 0.1) is 0 Å². The number of aryl methyl sites for hydroxylation is 1. The van der Waals surface area contributed by atoms with E-state index in [9.17, 15) is 0 Å². The molecule has 0 amide bonds. The number of hydrogen-bond acceptors (Lipinski definition) is 5. The van der Waals surface area contributed by atoms with Crippen LogP contribution in [0.4, 0.5) is 0 Å². The zero-order valence-corrected chi connectivity index (χ0v) is 10.3. The molecule has 0 aliphatic heterocycles. The molecule has 0 aliphatic carbocycles. The van der Waals surface area contributed by atoms with Crippen LogP contribution in [0.5, 0.6) is 11.5 Å². The summed E-state index contributed by atoms with van der Waals surface area (Å²) in [7, 11) is 3.37. The predicted octanol–water partition coefficient (Wildman–Crippen LogP) is 0.895. The minimum atomic E-state index is -0.0374. The molecule has 0 saturated carbocycles. The lowest BCUT2D eigenvalue weighted by Crippen LogP contribution is -2.05. The number of aliphatic hydroxyl groups is 1. The third-order valence-electron chi connectivity index (χ3n) is 2.57. The predicted molar refractivity (Wildman–Crippen MR) is 64.3 cm³/mol. The van der Waals surface area contributed by atoms with Crippen molar-refractivity contribution in [1.82, 2.24) is 14.8 Å². The Morgan fingerprint density at radius 1 is 1.33 bits per heavy atom. The molecule has 6 heteroatoms. The molecule has 1 N–H and O–H groups in total. The minimum absolute atomic E-state index is 0.0374. The van der Waals surface area contributed by atoms with Gasteiger partial charge in [-0.15, -0.1) is 0 Å². The van der Waals surface area contributed by atoms with Crippen LogP contribution in [0.1, 0.15) is 11.4 Å². The Kier molecular flexibility index (Phi) is 3.78. The lowest BCUT2D eigenvalue weighted by Gasteiger charge is -2.11. The van der Waals surface area contributed by atoms with Crippen LogP contribution in [0.3, 0.4) is 0 Å². The van der Waals surface area contributed by atoms with Crippen molar-refractivity contribution in [3.63, 3.8) is 0 Å². The van der Waals surface area contributed by atoms with E-state index in [4.69, 9.17) is 14.6 Å². The summed E-state index contributed by atoms with van der Waals surface area (Å²) in [6.07, 6.45) is 1.47. The number of ether oxygens (including phenoxy) is 2. The number of benzene rings is 1. The van der Waals surface area contributed by atoms with E-state index in [1.165, 1.54) is 6.33 Å². The van der Waals surface area contributed by atoms with Crippen LogP contribution in [0.2, 0.25) is 0 Å². The molecule has 2 rings (SSSR count). The SMILES string of the molecule is COc1ccc(CO)cc1OCc1ncnn1C. The first-order valence-corrected chi connectivity index (χ1v) is 5.48. The van der Waals surface area contributed by atoms with Gasteiger partial charge in [0.15, 0.2) is 17.3 Å². The van der Waals surface area contributed by atoms with Crippen LogP contribution < -0.4 is 9.47 Å². The molecule has 1 aromatic heterocycles. The zero-order chi connectivity index (χ0) is 13.0. The van der Waals surface area contributed by atoms with Crippen LogP contribution in [-0.4, -0.2) is 27.0 Å². The Labute approximate surface area is 105 Å². The van der Waals surface area contributed by atoms with Gasteiger partial charge in [-0.25, -0.2) is 4.98 Å². The van der Waals surface area contributed by atoms with E-state index in [-0.39, 0.29) is 6.61 Å². The lowest BCUT2D eigenvalue weighted by molar-refractivity contribution is 0.264. The highest BCUT2D eigenvalue weighted by Gasteiger charge is 2.08. The molecule has 0 saturated heterocycles. The van der Waals surface area contributed by atoms with Crippen molar-refractivity contribution < 1.29 is 14.6 Å². The van der Waals surface area contributed by atoms with E-state index in [1.807, 2.05) is 0 Å². The van der Waals surface area contributed by atoms with Crippen LogP contribution in [-0.2, 0) is 20.3 Å². The smallest absolute Gasteiger partial charge is 0.164 e. The molecule has 0 radical (unpaired) electrons. The third kappa shape index (κ3) is 2.60. The van der Waals surface area contributed by atoms with Crippen molar-refractivity contribution in [3.8, 4) is 11.5 Å². The molecular formula is C12H15N3O3. The molecule has 18 heavy (non-hydrogen) atoms. The largest absolute Gasteiger partial charge is 0.493 e. The number of aromatic nitrogens is 3. The molecule has 0 unspecified atom stereocenters. The van der Waals surface area contributed by atoms with Gasteiger partial charge in [-0.3, -0.25) is 4.68 Å². The fraction of sp³-hybridized carbons (Fsp3) is 0.333. The van der Waals surface area contributed by atoms with Crippen molar-refractivity contribution in [2.75, 3.05) is 7.11 Å². The molecule has 2 aromatic rings. The van der Waals surface area contributed by atoms with Crippen LogP contribution in [0.15, 0.2) is 24.5 Å². The Hall–Kier alpha value is -2.08. The number of methoxy groups -OCH3 is 1. The summed E-state index contributed by atoms with van der Waals surface area (Å²) in [5.74, 6) is 1.91. The van der Waals surface area contributed by atoms with Crippen molar-refractivity contribution in [3.05, 3.63) is 35.9 Å². The van der Waals surface area contributed by atoms with Gasteiger partial charge in [0.05, 0.1) is 13.7 Å². The maximum absolute atomic E-state index is 9.10. The highest BCUT2D eigenvalue weighted by atomic mass is 16.5. The van der Waals surface area contributed by atoms with E-state index < -0.39 is 0 Å². The van der Waals surface area contributed by atoms with E-state index in [1.54, 1.807) is 37.0 Å². The third-order valence-corrected chi connectivity index (χ3v) is 2.57. The average Bonchev–Trinajstić information content (AvgIpc) is 2.81. The van der Waals surface area contributed by atoms with Gasteiger partial charge >= 0.3 is 0 Å². The summed E-state index contributed by atoms with van der Waals surface area (Å²) in [6, 6.07) is 5.29. The molecule has 1 heterocycles. The fourth-order valence-corrected chi connectivity index (χ4v) is 1.53. The van der Waals surface area contributed by atoms with Gasteiger partial charge in [-0.05, 0) is 17.7 Å². The molecule has 96 valence electrons. The number of hydrogen-bond donors (Lipinski definition) is 1. The lowest BCUT2D eigenvalue weighted by atomic mass is 10.2. The topological polar surface area (TPSA) is 69.4 Å². The van der Waals surface area contributed by atoms with Gasteiger partial charge in [-0.1, -0.05) is 6.07 Å². The van der Waals surface area contributed by atoms with E-state index in [0.29, 0.717) is 23.9 Å². The first-order chi connectivity index (χ1) is 8.74. The first-order valence-electron chi connectivity index (χ1n) is 5.48. The van der Waals surface area contributed by atoms with Gasteiger partial charge in [0.1, 0.15) is 12.9 Å². The van der Waals surface area contributed by atoms with E-state index in [2.05, 4.69) is 10.1 Å². The highest BCUT2D eigenvalue weighted by molar-refractivity contribution is 5.42. The quantitative estimate of drug-likeness (QED) is 0.852. The average molecular weight is 249 g/mol. The zero-order valence-electron chi connectivity index (χ0n) is 10.3. The molecule has 6 nitrogen and oxygen atoms in total. The van der Waals surface area contributed by atoms with Gasteiger partial charge in [0.25, 0.3) is 0 Å². The Morgan fingerprint density at radius 2 is 2.17 bits per heavy atom. The Morgan fingerprint density at radius 3 is 2.78 bits per heavy atom. The summed E-state index contributed by atoms with van der Waals surface area (Å²) >= 11 is 0. The summed E-state index contributed by atoms with van der Waals surface area (Å²) in [4.78, 5) is 4.07. The highest BCUT2D eigenvalue weighted by Crippen LogP contribution is 2.28. The maximum Gasteiger partial charge on any atom is 0.164 e. The monoisotopic (exact) mass is 249 g/mol. The van der Waals surface area contributed by atoms with Crippen molar-refractivity contribution in [1.29, 1.82) is 0 Å². The Bertz CT molecular complexity index is 525. The normalized spacial score (nSPS) is 10.4. The molecule has 1 aromatic carbocycles.